The standard InChI is InChI=1S/C26H31FN6O2/c1-18-8-6-10-22-24(18)33(26(29-22)30-25(35)19-14-20(27)16-28-15-19)21-9-4-5-13-32(17-21)23(34)11-7-12-31(2)3/h6-8,10-11,14-16,21H,4-5,9,12-13,17H2,1-3H3,(H,29,30,35)/b11-7+/t21-/m1/s1. The summed E-state index contributed by atoms with van der Waals surface area (Å²) in [5.41, 5.74) is 2.81. The lowest BCUT2D eigenvalue weighted by molar-refractivity contribution is -0.126. The highest BCUT2D eigenvalue weighted by Crippen LogP contribution is 2.32. The minimum Gasteiger partial charge on any atom is -0.337 e. The van der Waals surface area contributed by atoms with E-state index in [1.54, 1.807) is 6.08 Å². The van der Waals surface area contributed by atoms with Crippen LogP contribution in [0.3, 0.4) is 0 Å². The molecule has 1 aliphatic heterocycles. The molecule has 0 unspecified atom stereocenters. The third-order valence-electron chi connectivity index (χ3n) is 6.16. The molecule has 1 atom stereocenters. The van der Waals surface area contributed by atoms with Gasteiger partial charge in [-0.1, -0.05) is 18.2 Å². The number of para-hydroxylation sites is 1. The van der Waals surface area contributed by atoms with Crippen LogP contribution >= 0.6 is 0 Å². The number of pyridine rings is 1. The number of likely N-dealkylation sites (N-methyl/N-ethyl adjacent to an activating group) is 1. The summed E-state index contributed by atoms with van der Waals surface area (Å²) in [6.07, 6.45) is 8.59. The molecule has 1 saturated heterocycles. The van der Waals surface area contributed by atoms with Gasteiger partial charge in [0.25, 0.3) is 5.91 Å². The number of imidazole rings is 1. The molecule has 0 radical (unpaired) electrons. The van der Waals surface area contributed by atoms with E-state index in [0.29, 0.717) is 25.6 Å². The highest BCUT2D eigenvalue weighted by atomic mass is 19.1. The van der Waals surface area contributed by atoms with Crippen molar-refractivity contribution in [3.63, 3.8) is 0 Å². The summed E-state index contributed by atoms with van der Waals surface area (Å²) in [4.78, 5) is 38.2. The summed E-state index contributed by atoms with van der Waals surface area (Å²) in [6.45, 7) is 3.89. The molecule has 1 N–H and O–H groups in total. The van der Waals surface area contributed by atoms with E-state index in [1.165, 1.54) is 6.20 Å². The Morgan fingerprint density at radius 1 is 1.26 bits per heavy atom. The second-order valence-electron chi connectivity index (χ2n) is 9.19. The van der Waals surface area contributed by atoms with Crippen molar-refractivity contribution in [3.8, 4) is 0 Å². The van der Waals surface area contributed by atoms with Crippen LogP contribution < -0.4 is 5.32 Å². The predicted molar refractivity (Wildman–Crippen MR) is 134 cm³/mol. The molecule has 35 heavy (non-hydrogen) atoms. The number of fused-ring (bicyclic) bond motifs is 1. The molecule has 3 aromatic rings. The van der Waals surface area contributed by atoms with Crippen LogP contribution in [0.4, 0.5) is 10.3 Å². The number of hydrogen-bond donors (Lipinski definition) is 1. The first-order valence-corrected chi connectivity index (χ1v) is 11.8. The van der Waals surface area contributed by atoms with Gasteiger partial charge >= 0.3 is 0 Å². The molecule has 4 rings (SSSR count). The summed E-state index contributed by atoms with van der Waals surface area (Å²) >= 11 is 0. The Hall–Kier alpha value is -3.59. The lowest BCUT2D eigenvalue weighted by Crippen LogP contribution is -2.35. The maximum atomic E-state index is 13.6. The van der Waals surface area contributed by atoms with Crippen LogP contribution in [-0.4, -0.2) is 69.9 Å². The third-order valence-corrected chi connectivity index (χ3v) is 6.16. The first-order chi connectivity index (χ1) is 16.8. The number of aromatic nitrogens is 3. The van der Waals surface area contributed by atoms with Crippen molar-refractivity contribution in [3.05, 3.63) is 65.8 Å². The first-order valence-electron chi connectivity index (χ1n) is 11.8. The van der Waals surface area contributed by atoms with Crippen molar-refractivity contribution < 1.29 is 14.0 Å². The molecule has 1 aromatic carbocycles. The number of halogens is 1. The van der Waals surface area contributed by atoms with E-state index < -0.39 is 11.7 Å². The second-order valence-corrected chi connectivity index (χ2v) is 9.19. The van der Waals surface area contributed by atoms with Crippen molar-refractivity contribution in [1.29, 1.82) is 0 Å². The SMILES string of the molecule is Cc1cccc2nc(NC(=O)c3cncc(F)c3)n([C@@H]3CCCCN(C(=O)/C=C/CN(C)C)C3)c12. The third kappa shape index (κ3) is 5.74. The molecule has 1 fully saturated rings. The van der Waals surface area contributed by atoms with Crippen molar-refractivity contribution in [1.82, 2.24) is 24.3 Å². The number of carbonyl (C=O) groups excluding carboxylic acids is 2. The number of benzene rings is 1. The average molecular weight is 479 g/mol. The normalized spacial score (nSPS) is 16.7. The van der Waals surface area contributed by atoms with Gasteiger partial charge in [0.05, 0.1) is 28.8 Å². The Balaban J connectivity index is 1.68. The van der Waals surface area contributed by atoms with Crippen molar-refractivity contribution in [2.45, 2.75) is 32.2 Å². The minimum absolute atomic E-state index is 0.0173. The van der Waals surface area contributed by atoms with Gasteiger partial charge in [-0.25, -0.2) is 9.37 Å². The summed E-state index contributed by atoms with van der Waals surface area (Å²) < 4.78 is 15.7. The van der Waals surface area contributed by atoms with Gasteiger partial charge in [0.15, 0.2) is 0 Å². The zero-order chi connectivity index (χ0) is 24.9. The van der Waals surface area contributed by atoms with E-state index in [4.69, 9.17) is 4.98 Å². The van der Waals surface area contributed by atoms with E-state index in [2.05, 4.69) is 10.3 Å². The van der Waals surface area contributed by atoms with Crippen LogP contribution in [0.5, 0.6) is 0 Å². The summed E-state index contributed by atoms with van der Waals surface area (Å²) in [7, 11) is 3.91. The average Bonchev–Trinajstić information content (AvgIpc) is 3.01. The minimum atomic E-state index is -0.581. The van der Waals surface area contributed by atoms with E-state index >= 15 is 0 Å². The molecule has 1 aliphatic rings. The van der Waals surface area contributed by atoms with Crippen LogP contribution in [-0.2, 0) is 4.79 Å². The quantitative estimate of drug-likeness (QED) is 0.545. The molecule has 184 valence electrons. The monoisotopic (exact) mass is 478 g/mol. The van der Waals surface area contributed by atoms with Gasteiger partial charge in [-0.2, -0.15) is 0 Å². The Labute approximate surface area is 204 Å². The summed E-state index contributed by atoms with van der Waals surface area (Å²) in [5, 5.41) is 2.86. The van der Waals surface area contributed by atoms with Crippen LogP contribution in [0.15, 0.2) is 48.8 Å². The van der Waals surface area contributed by atoms with Gasteiger partial charge in [0.2, 0.25) is 11.9 Å². The highest BCUT2D eigenvalue weighted by Gasteiger charge is 2.27. The number of nitrogens with zero attached hydrogens (tertiary/aromatic N) is 5. The summed E-state index contributed by atoms with van der Waals surface area (Å²) in [6, 6.07) is 6.91. The molecule has 9 heteroatoms. The highest BCUT2D eigenvalue weighted by molar-refractivity contribution is 6.04. The van der Waals surface area contributed by atoms with Crippen LogP contribution in [0, 0.1) is 12.7 Å². The number of hydrogen-bond acceptors (Lipinski definition) is 5. The predicted octanol–water partition coefficient (Wildman–Crippen LogP) is 3.80. The fraction of sp³-hybridized carbons (Fsp3) is 0.385. The Bertz CT molecular complexity index is 1250. The van der Waals surface area contributed by atoms with Crippen LogP contribution in [0.2, 0.25) is 0 Å². The molecule has 3 heterocycles. The topological polar surface area (TPSA) is 83.4 Å². The van der Waals surface area contributed by atoms with Gasteiger partial charge in [0.1, 0.15) is 5.82 Å². The van der Waals surface area contributed by atoms with E-state index in [0.717, 1.165) is 48.1 Å². The molecule has 0 aliphatic carbocycles. The molecular formula is C26H31FN6O2. The van der Waals surface area contributed by atoms with E-state index in [9.17, 15) is 14.0 Å². The van der Waals surface area contributed by atoms with E-state index in [1.807, 2.05) is 59.7 Å². The van der Waals surface area contributed by atoms with Crippen LogP contribution in [0.1, 0.15) is 41.2 Å². The van der Waals surface area contributed by atoms with Gasteiger partial charge in [-0.15, -0.1) is 0 Å². The number of aryl methyl sites for hydroxylation is 1. The van der Waals surface area contributed by atoms with E-state index in [-0.39, 0.29) is 17.5 Å². The van der Waals surface area contributed by atoms with Crippen molar-refractivity contribution >= 4 is 28.8 Å². The zero-order valence-electron chi connectivity index (χ0n) is 20.4. The van der Waals surface area contributed by atoms with Gasteiger partial charge < -0.3 is 14.4 Å². The molecule has 0 saturated carbocycles. The zero-order valence-corrected chi connectivity index (χ0v) is 20.4. The molecule has 2 amide bonds. The molecule has 2 aromatic heterocycles. The maximum Gasteiger partial charge on any atom is 0.259 e. The molecule has 8 nitrogen and oxygen atoms in total. The fourth-order valence-electron chi connectivity index (χ4n) is 4.47. The molecule has 0 spiro atoms. The number of amides is 2. The number of rotatable bonds is 6. The molecule has 0 bridgehead atoms. The van der Waals surface area contributed by atoms with Gasteiger partial charge in [-0.3, -0.25) is 19.9 Å². The smallest absolute Gasteiger partial charge is 0.259 e. The van der Waals surface area contributed by atoms with Gasteiger partial charge in [-0.05, 0) is 58.0 Å². The lowest BCUT2D eigenvalue weighted by atomic mass is 10.1. The van der Waals surface area contributed by atoms with Crippen LogP contribution in [0.25, 0.3) is 11.0 Å². The number of carbonyl (C=O) groups is 2. The fourth-order valence-corrected chi connectivity index (χ4v) is 4.47. The molecular weight excluding hydrogens is 447 g/mol. The number of likely N-dealkylation sites (tertiary alicyclic amines) is 1. The summed E-state index contributed by atoms with van der Waals surface area (Å²) in [5.74, 6) is -0.705. The number of anilines is 1. The Kier molecular flexibility index (Phi) is 7.55. The second kappa shape index (κ2) is 10.8. The van der Waals surface area contributed by atoms with Crippen molar-refractivity contribution in [2.24, 2.45) is 0 Å². The maximum absolute atomic E-state index is 13.6. The largest absolute Gasteiger partial charge is 0.337 e. The van der Waals surface area contributed by atoms with Gasteiger partial charge in [0, 0.05) is 31.9 Å². The van der Waals surface area contributed by atoms with Crippen molar-refractivity contribution in [2.75, 3.05) is 39.0 Å². The lowest BCUT2D eigenvalue weighted by Gasteiger charge is -2.26. The Morgan fingerprint density at radius 2 is 2.09 bits per heavy atom. The first kappa shape index (κ1) is 24.5. The number of nitrogens with one attached hydrogen (secondary N) is 1. The Morgan fingerprint density at radius 3 is 2.86 bits per heavy atom.